The molecule has 0 aliphatic heterocycles. The summed E-state index contributed by atoms with van der Waals surface area (Å²) in [6.45, 7) is 2.92. The zero-order valence-electron chi connectivity index (χ0n) is 18.0. The van der Waals surface area contributed by atoms with Gasteiger partial charge < -0.3 is 15.5 Å². The average Bonchev–Trinajstić information content (AvgIpc) is 3.40. The smallest absolute Gasteiger partial charge is 0.150 e. The van der Waals surface area contributed by atoms with Gasteiger partial charge in [0.25, 0.3) is 0 Å². The molecule has 7 nitrogen and oxygen atoms in total. The summed E-state index contributed by atoms with van der Waals surface area (Å²) in [5.41, 5.74) is 9.93. The Morgan fingerprint density at radius 2 is 2.13 bits per heavy atom. The van der Waals surface area contributed by atoms with E-state index >= 15 is 0 Å². The maximum absolute atomic E-state index is 6.34. The number of nitrogens with two attached hydrogens (primary N) is 1. The first kappa shape index (κ1) is 19.6. The molecule has 7 heteroatoms. The second-order valence-corrected chi connectivity index (χ2v) is 8.30. The van der Waals surface area contributed by atoms with Gasteiger partial charge >= 0.3 is 0 Å². The summed E-state index contributed by atoms with van der Waals surface area (Å²) in [5, 5.41) is 1.08. The van der Waals surface area contributed by atoms with Crippen molar-refractivity contribution in [3.05, 3.63) is 42.5 Å². The van der Waals surface area contributed by atoms with Crippen LogP contribution >= 0.6 is 0 Å². The molecule has 1 saturated carbocycles. The van der Waals surface area contributed by atoms with Crippen LogP contribution in [0.5, 0.6) is 5.75 Å². The van der Waals surface area contributed by atoms with Crippen molar-refractivity contribution in [1.29, 1.82) is 0 Å². The van der Waals surface area contributed by atoms with Crippen molar-refractivity contribution in [3.8, 4) is 17.1 Å². The number of fused-ring (bicyclic) bond motifs is 2. The van der Waals surface area contributed by atoms with Crippen LogP contribution in [0.3, 0.4) is 0 Å². The van der Waals surface area contributed by atoms with Gasteiger partial charge in [-0.3, -0.25) is 9.39 Å². The molecule has 1 fully saturated rings. The summed E-state index contributed by atoms with van der Waals surface area (Å²) in [6.07, 6.45) is 10.2. The van der Waals surface area contributed by atoms with Gasteiger partial charge in [-0.05, 0) is 56.9 Å². The number of aromatic nitrogens is 4. The Balaban J connectivity index is 1.56. The van der Waals surface area contributed by atoms with Gasteiger partial charge in [-0.1, -0.05) is 12.1 Å². The van der Waals surface area contributed by atoms with E-state index in [-0.39, 0.29) is 0 Å². The van der Waals surface area contributed by atoms with Gasteiger partial charge in [0.05, 0.1) is 18.3 Å². The molecule has 4 aromatic rings. The number of aliphatic imine (C=N–C) groups is 1. The molecule has 0 amide bonds. The zero-order chi connectivity index (χ0) is 21.4. The minimum Gasteiger partial charge on any atom is -0.495 e. The SMILES string of the molecule is CC=NCC1CCC(c2nc(-c3cc4cccc(OC)c4[nH]3)c3c(N)nccn23)CC1. The Morgan fingerprint density at radius 3 is 2.90 bits per heavy atom. The molecular formula is C24H28N6O. The molecule has 3 N–H and O–H groups in total. The van der Waals surface area contributed by atoms with E-state index < -0.39 is 0 Å². The third-order valence-electron chi connectivity index (χ3n) is 6.46. The predicted molar refractivity (Wildman–Crippen MR) is 125 cm³/mol. The lowest BCUT2D eigenvalue weighted by atomic mass is 9.81. The Bertz CT molecular complexity index is 1250. The summed E-state index contributed by atoms with van der Waals surface area (Å²) >= 11 is 0. The largest absolute Gasteiger partial charge is 0.495 e. The van der Waals surface area contributed by atoms with Gasteiger partial charge in [0, 0.05) is 30.2 Å². The van der Waals surface area contributed by atoms with Crippen LogP contribution in [-0.4, -0.2) is 39.2 Å². The van der Waals surface area contributed by atoms with Crippen LogP contribution in [0.1, 0.15) is 44.3 Å². The molecule has 5 rings (SSSR count). The quantitative estimate of drug-likeness (QED) is 0.456. The van der Waals surface area contributed by atoms with Crippen LogP contribution < -0.4 is 10.5 Å². The minimum atomic E-state index is 0.406. The fourth-order valence-electron chi connectivity index (χ4n) is 4.85. The standard InChI is InChI=1S/C24H28N6O/c1-3-26-14-15-7-9-16(10-8-15)24-29-21(22-23(25)27-11-12-30(22)24)18-13-17-5-4-6-19(31-2)20(17)28-18/h3-6,11-13,15-16,28H,7-10,14H2,1-2H3,(H2,25,27). The Hall–Kier alpha value is -3.35. The summed E-state index contributed by atoms with van der Waals surface area (Å²) < 4.78 is 7.66. The molecule has 0 atom stereocenters. The first-order valence-electron chi connectivity index (χ1n) is 10.9. The second kappa shape index (κ2) is 8.06. The highest BCUT2D eigenvalue weighted by atomic mass is 16.5. The molecule has 0 radical (unpaired) electrons. The normalized spacial score (nSPS) is 19.5. The summed E-state index contributed by atoms with van der Waals surface area (Å²) in [6, 6.07) is 8.12. The van der Waals surface area contributed by atoms with Crippen molar-refractivity contribution in [3.63, 3.8) is 0 Å². The maximum Gasteiger partial charge on any atom is 0.150 e. The minimum absolute atomic E-state index is 0.406. The van der Waals surface area contributed by atoms with Crippen molar-refractivity contribution >= 4 is 28.5 Å². The van der Waals surface area contributed by atoms with Gasteiger partial charge in [-0.25, -0.2) is 9.97 Å². The number of para-hydroxylation sites is 1. The Kier molecular flexibility index (Phi) is 5.10. The maximum atomic E-state index is 6.34. The Labute approximate surface area is 181 Å². The van der Waals surface area contributed by atoms with Gasteiger partial charge in [0.1, 0.15) is 28.6 Å². The number of anilines is 1. The molecule has 1 aliphatic carbocycles. The van der Waals surface area contributed by atoms with Crippen molar-refractivity contribution in [2.45, 2.75) is 38.5 Å². The number of rotatable bonds is 5. The van der Waals surface area contributed by atoms with Crippen molar-refractivity contribution in [2.24, 2.45) is 10.9 Å². The van der Waals surface area contributed by atoms with Crippen LogP contribution in [-0.2, 0) is 0 Å². The fraction of sp³-hybridized carbons (Fsp3) is 0.375. The molecule has 1 aromatic carbocycles. The van der Waals surface area contributed by atoms with E-state index in [0.29, 0.717) is 17.7 Å². The van der Waals surface area contributed by atoms with Crippen LogP contribution in [0, 0.1) is 5.92 Å². The number of imidazole rings is 1. The van der Waals surface area contributed by atoms with E-state index in [4.69, 9.17) is 15.5 Å². The molecule has 0 saturated heterocycles. The molecule has 0 spiro atoms. The molecule has 160 valence electrons. The highest BCUT2D eigenvalue weighted by molar-refractivity contribution is 5.93. The molecular weight excluding hydrogens is 388 g/mol. The van der Waals surface area contributed by atoms with Crippen LogP contribution in [0.4, 0.5) is 5.82 Å². The van der Waals surface area contributed by atoms with Gasteiger partial charge in [0.15, 0.2) is 0 Å². The van der Waals surface area contributed by atoms with E-state index in [1.165, 1.54) is 12.8 Å². The molecule has 0 bridgehead atoms. The number of nitrogens with one attached hydrogen (secondary N) is 1. The number of methoxy groups -OCH3 is 1. The molecule has 3 aromatic heterocycles. The topological polar surface area (TPSA) is 93.6 Å². The highest BCUT2D eigenvalue weighted by Gasteiger charge is 2.27. The number of aromatic amines is 1. The lowest BCUT2D eigenvalue weighted by Gasteiger charge is -2.26. The number of benzene rings is 1. The number of nitrogen functional groups attached to an aromatic ring is 1. The monoisotopic (exact) mass is 416 g/mol. The molecule has 31 heavy (non-hydrogen) atoms. The van der Waals surface area contributed by atoms with Gasteiger partial charge in [0.2, 0.25) is 0 Å². The number of nitrogens with zero attached hydrogens (tertiary/aromatic N) is 4. The number of hydrogen-bond donors (Lipinski definition) is 2. The lowest BCUT2D eigenvalue weighted by molar-refractivity contribution is 0.326. The first-order chi connectivity index (χ1) is 15.2. The third kappa shape index (κ3) is 3.44. The molecule has 3 heterocycles. The fourth-order valence-corrected chi connectivity index (χ4v) is 4.85. The van der Waals surface area contributed by atoms with Crippen LogP contribution in [0.2, 0.25) is 0 Å². The lowest BCUT2D eigenvalue weighted by Crippen LogP contribution is -2.17. The third-order valence-corrected chi connectivity index (χ3v) is 6.46. The van der Waals surface area contributed by atoms with Crippen molar-refractivity contribution < 1.29 is 4.74 Å². The summed E-state index contributed by atoms with van der Waals surface area (Å²) in [4.78, 5) is 17.4. The van der Waals surface area contributed by atoms with Crippen molar-refractivity contribution in [1.82, 2.24) is 19.4 Å². The predicted octanol–water partition coefficient (Wildman–Crippen LogP) is 4.83. The highest BCUT2D eigenvalue weighted by Crippen LogP contribution is 2.39. The van der Waals surface area contributed by atoms with Crippen LogP contribution in [0.15, 0.2) is 41.7 Å². The summed E-state index contributed by atoms with van der Waals surface area (Å²) in [7, 11) is 1.68. The number of ether oxygens (including phenoxy) is 1. The summed E-state index contributed by atoms with van der Waals surface area (Å²) in [5.74, 6) is 3.46. The number of H-pyrrole nitrogens is 1. The van der Waals surface area contributed by atoms with Gasteiger partial charge in [-0.2, -0.15) is 0 Å². The first-order valence-corrected chi connectivity index (χ1v) is 10.9. The van der Waals surface area contributed by atoms with Gasteiger partial charge in [-0.15, -0.1) is 0 Å². The van der Waals surface area contributed by atoms with Crippen molar-refractivity contribution in [2.75, 3.05) is 19.4 Å². The second-order valence-electron chi connectivity index (χ2n) is 8.30. The number of hydrogen-bond acceptors (Lipinski definition) is 5. The zero-order valence-corrected chi connectivity index (χ0v) is 18.0. The van der Waals surface area contributed by atoms with E-state index in [0.717, 1.165) is 58.8 Å². The van der Waals surface area contributed by atoms with E-state index in [1.807, 2.05) is 31.5 Å². The van der Waals surface area contributed by atoms with E-state index in [9.17, 15) is 0 Å². The van der Waals surface area contributed by atoms with E-state index in [2.05, 4.69) is 31.5 Å². The van der Waals surface area contributed by atoms with Crippen LogP contribution in [0.25, 0.3) is 27.8 Å². The molecule has 0 unspecified atom stereocenters. The average molecular weight is 417 g/mol. The molecule has 1 aliphatic rings. The Morgan fingerprint density at radius 1 is 1.29 bits per heavy atom. The van der Waals surface area contributed by atoms with E-state index in [1.54, 1.807) is 13.3 Å².